The lowest BCUT2D eigenvalue weighted by atomic mass is 10.2. The van der Waals surface area contributed by atoms with E-state index in [-0.39, 0.29) is 24.4 Å². The van der Waals surface area contributed by atoms with E-state index >= 15 is 0 Å². The second-order valence-corrected chi connectivity index (χ2v) is 6.21. The highest BCUT2D eigenvalue weighted by atomic mass is 16.5. The smallest absolute Gasteiger partial charge is 0.251 e. The molecule has 0 radical (unpaired) electrons. The number of ether oxygens (including phenoxy) is 1. The molecule has 2 rings (SSSR count). The van der Waals surface area contributed by atoms with E-state index in [0.29, 0.717) is 18.0 Å². The molecule has 0 aliphatic heterocycles. The number of benzene rings is 1. The molecule has 7 nitrogen and oxygen atoms in total. The molecule has 0 saturated carbocycles. The molecule has 1 heterocycles. The summed E-state index contributed by atoms with van der Waals surface area (Å²) in [4.78, 5) is 24.2. The fourth-order valence-electron chi connectivity index (χ4n) is 2.31. The second-order valence-electron chi connectivity index (χ2n) is 6.21. The number of aromatic nitrogens is 2. The van der Waals surface area contributed by atoms with Crippen LogP contribution in [0.15, 0.2) is 36.5 Å². The van der Waals surface area contributed by atoms with Gasteiger partial charge in [-0.15, -0.1) is 0 Å². The highest BCUT2D eigenvalue weighted by molar-refractivity contribution is 5.99. The molecule has 0 spiro atoms. The van der Waals surface area contributed by atoms with Crippen LogP contribution < -0.4 is 15.4 Å². The number of hydrogen-bond donors (Lipinski definition) is 2. The van der Waals surface area contributed by atoms with E-state index in [0.717, 1.165) is 18.6 Å². The summed E-state index contributed by atoms with van der Waals surface area (Å²) in [5.74, 6) is 0.723. The van der Waals surface area contributed by atoms with E-state index in [9.17, 15) is 9.59 Å². The van der Waals surface area contributed by atoms with Crippen molar-refractivity contribution in [3.8, 4) is 5.75 Å². The summed E-state index contributed by atoms with van der Waals surface area (Å²) < 4.78 is 7.27. The minimum Gasteiger partial charge on any atom is -0.494 e. The SMILES string of the molecule is CCCCOc1ccc(C(=O)NCC(=O)Nc2ccnn2C(C)C)cc1. The quantitative estimate of drug-likeness (QED) is 0.675. The number of unbranched alkanes of at least 4 members (excludes halogenated alkanes) is 1. The molecule has 0 saturated heterocycles. The maximum absolute atomic E-state index is 12.1. The van der Waals surface area contributed by atoms with Crippen molar-refractivity contribution in [2.75, 3.05) is 18.5 Å². The first kappa shape index (κ1) is 19.5. The Balaban J connectivity index is 1.82. The number of anilines is 1. The Hall–Kier alpha value is -2.83. The van der Waals surface area contributed by atoms with E-state index in [4.69, 9.17) is 4.74 Å². The average molecular weight is 358 g/mol. The minimum absolute atomic E-state index is 0.114. The van der Waals surface area contributed by atoms with Gasteiger partial charge in [-0.05, 0) is 44.5 Å². The van der Waals surface area contributed by atoms with E-state index in [2.05, 4.69) is 22.7 Å². The predicted octanol–water partition coefficient (Wildman–Crippen LogP) is 3.01. The summed E-state index contributed by atoms with van der Waals surface area (Å²) in [6.45, 7) is 6.59. The zero-order valence-electron chi connectivity index (χ0n) is 15.5. The molecule has 140 valence electrons. The van der Waals surface area contributed by atoms with Crippen LogP contribution in [0.25, 0.3) is 0 Å². The standard InChI is InChI=1S/C19H26N4O3/c1-4-5-12-26-16-8-6-15(7-9-16)19(25)20-13-18(24)22-17-10-11-21-23(17)14(2)3/h6-11,14H,4-5,12-13H2,1-3H3,(H,20,25)(H,22,24). The second kappa shape index (κ2) is 9.60. The molecular formula is C19H26N4O3. The van der Waals surface area contributed by atoms with E-state index < -0.39 is 0 Å². The van der Waals surface area contributed by atoms with Gasteiger partial charge in [0.15, 0.2) is 0 Å². The Morgan fingerprint density at radius 1 is 1.19 bits per heavy atom. The first-order valence-electron chi connectivity index (χ1n) is 8.85. The third-order valence-electron chi connectivity index (χ3n) is 3.72. The Morgan fingerprint density at radius 2 is 1.92 bits per heavy atom. The van der Waals surface area contributed by atoms with Crippen molar-refractivity contribution < 1.29 is 14.3 Å². The van der Waals surface area contributed by atoms with Gasteiger partial charge in [0.2, 0.25) is 5.91 Å². The lowest BCUT2D eigenvalue weighted by Crippen LogP contribution is -2.33. The highest BCUT2D eigenvalue weighted by Gasteiger charge is 2.11. The van der Waals surface area contributed by atoms with Crippen LogP contribution >= 0.6 is 0 Å². The normalized spacial score (nSPS) is 10.6. The molecule has 0 bridgehead atoms. The molecule has 0 unspecified atom stereocenters. The van der Waals surface area contributed by atoms with Gasteiger partial charge in [-0.1, -0.05) is 13.3 Å². The molecule has 0 atom stereocenters. The van der Waals surface area contributed by atoms with Crippen LogP contribution in [-0.2, 0) is 4.79 Å². The zero-order chi connectivity index (χ0) is 18.9. The van der Waals surface area contributed by atoms with Gasteiger partial charge in [0, 0.05) is 17.7 Å². The molecular weight excluding hydrogens is 332 g/mol. The minimum atomic E-state index is -0.308. The van der Waals surface area contributed by atoms with Gasteiger partial charge >= 0.3 is 0 Å². The van der Waals surface area contributed by atoms with Gasteiger partial charge in [0.25, 0.3) is 5.91 Å². The maximum Gasteiger partial charge on any atom is 0.251 e. The van der Waals surface area contributed by atoms with Crippen LogP contribution in [0.1, 0.15) is 50.0 Å². The van der Waals surface area contributed by atoms with Crippen molar-refractivity contribution in [3.63, 3.8) is 0 Å². The van der Waals surface area contributed by atoms with Gasteiger partial charge in [-0.25, -0.2) is 4.68 Å². The van der Waals surface area contributed by atoms with E-state index in [1.165, 1.54) is 0 Å². The third kappa shape index (κ3) is 5.61. The summed E-state index contributed by atoms with van der Waals surface area (Å²) in [6, 6.07) is 8.73. The molecule has 26 heavy (non-hydrogen) atoms. The fourth-order valence-corrected chi connectivity index (χ4v) is 2.31. The number of hydrogen-bond acceptors (Lipinski definition) is 4. The monoisotopic (exact) mass is 358 g/mol. The molecule has 1 aromatic carbocycles. The van der Waals surface area contributed by atoms with Crippen molar-refractivity contribution in [1.82, 2.24) is 15.1 Å². The Labute approximate surface area is 153 Å². The Kier molecular flexibility index (Phi) is 7.20. The van der Waals surface area contributed by atoms with Gasteiger partial charge in [-0.3, -0.25) is 9.59 Å². The topological polar surface area (TPSA) is 85.2 Å². The van der Waals surface area contributed by atoms with Crippen molar-refractivity contribution in [2.24, 2.45) is 0 Å². The van der Waals surface area contributed by atoms with Crippen molar-refractivity contribution in [2.45, 2.75) is 39.7 Å². The van der Waals surface area contributed by atoms with Crippen molar-refractivity contribution in [1.29, 1.82) is 0 Å². The molecule has 2 amide bonds. The van der Waals surface area contributed by atoms with Crippen LogP contribution in [0.3, 0.4) is 0 Å². The van der Waals surface area contributed by atoms with Gasteiger partial charge in [0.05, 0.1) is 19.3 Å². The molecule has 2 aromatic rings. The number of nitrogens with zero attached hydrogens (tertiary/aromatic N) is 2. The zero-order valence-corrected chi connectivity index (χ0v) is 15.5. The van der Waals surface area contributed by atoms with Crippen LogP contribution in [0.4, 0.5) is 5.82 Å². The summed E-state index contributed by atoms with van der Waals surface area (Å²) >= 11 is 0. The Morgan fingerprint density at radius 3 is 2.58 bits per heavy atom. The van der Waals surface area contributed by atoms with Crippen LogP contribution in [-0.4, -0.2) is 34.7 Å². The van der Waals surface area contributed by atoms with Gasteiger partial charge in [-0.2, -0.15) is 5.10 Å². The fraction of sp³-hybridized carbons (Fsp3) is 0.421. The van der Waals surface area contributed by atoms with Crippen molar-refractivity contribution >= 4 is 17.6 Å². The highest BCUT2D eigenvalue weighted by Crippen LogP contribution is 2.14. The Bertz CT molecular complexity index is 723. The number of carbonyl (C=O) groups is 2. The number of nitrogens with one attached hydrogen (secondary N) is 2. The molecule has 0 aliphatic carbocycles. The summed E-state index contributed by atoms with van der Waals surface area (Å²) in [5.41, 5.74) is 0.480. The largest absolute Gasteiger partial charge is 0.494 e. The van der Waals surface area contributed by atoms with Crippen LogP contribution in [0, 0.1) is 0 Å². The first-order valence-corrected chi connectivity index (χ1v) is 8.85. The van der Waals surface area contributed by atoms with Crippen molar-refractivity contribution in [3.05, 3.63) is 42.1 Å². The lowest BCUT2D eigenvalue weighted by molar-refractivity contribution is -0.115. The maximum atomic E-state index is 12.1. The predicted molar refractivity (Wildman–Crippen MR) is 100 cm³/mol. The van der Waals surface area contributed by atoms with E-state index in [1.54, 1.807) is 41.2 Å². The molecule has 2 N–H and O–H groups in total. The number of carbonyl (C=O) groups excluding carboxylic acids is 2. The average Bonchev–Trinajstić information content (AvgIpc) is 3.09. The molecule has 7 heteroatoms. The van der Waals surface area contributed by atoms with Crippen LogP contribution in [0.5, 0.6) is 5.75 Å². The first-order chi connectivity index (χ1) is 12.5. The summed E-state index contributed by atoms with van der Waals surface area (Å²) in [7, 11) is 0. The summed E-state index contributed by atoms with van der Waals surface area (Å²) in [6.07, 6.45) is 3.69. The van der Waals surface area contributed by atoms with Gasteiger partial charge in [0.1, 0.15) is 11.6 Å². The molecule has 0 fully saturated rings. The number of amides is 2. The van der Waals surface area contributed by atoms with E-state index in [1.807, 2.05) is 13.8 Å². The summed E-state index contributed by atoms with van der Waals surface area (Å²) in [5, 5.41) is 9.50. The number of rotatable bonds is 9. The molecule has 1 aromatic heterocycles. The molecule has 0 aliphatic rings. The van der Waals surface area contributed by atoms with Crippen LogP contribution in [0.2, 0.25) is 0 Å². The third-order valence-corrected chi connectivity index (χ3v) is 3.72. The van der Waals surface area contributed by atoms with Gasteiger partial charge < -0.3 is 15.4 Å². The lowest BCUT2D eigenvalue weighted by Gasteiger charge is -2.12.